The van der Waals surface area contributed by atoms with Crippen molar-refractivity contribution >= 4 is 70.8 Å². The number of hydrogen-bond donors (Lipinski definition) is 8. The molecule has 8 aromatic carbocycles. The minimum absolute atomic E-state index is 0. The van der Waals surface area contributed by atoms with Gasteiger partial charge >= 0.3 is 261 Å². The molecule has 0 bridgehead atoms. The number of nitrogens with one attached hydrogen (secondary N) is 8. The second-order valence-electron chi connectivity index (χ2n) is 30.6. The first-order valence-corrected chi connectivity index (χ1v) is 41.0. The van der Waals surface area contributed by atoms with E-state index in [0.29, 0.717) is 91.7 Å². The van der Waals surface area contributed by atoms with Gasteiger partial charge in [-0.3, -0.25) is 19.2 Å². The number of carbonyl (C=O) groups is 8. The summed E-state index contributed by atoms with van der Waals surface area (Å²) in [6.07, 6.45) is -1.40. The molecule has 0 spiro atoms. The maximum absolute atomic E-state index is 12.6. The van der Waals surface area contributed by atoms with Crippen LogP contribution in [0.1, 0.15) is 123 Å². The molecule has 0 saturated heterocycles. The molecule has 4 heterocycles. The largest absolute Gasteiger partial charge is 1.00 e. The maximum Gasteiger partial charge on any atom is 1.00 e. The van der Waals surface area contributed by atoms with Crippen molar-refractivity contribution in [3.8, 4) is 63.2 Å². The van der Waals surface area contributed by atoms with Crippen LogP contribution in [0.15, 0.2) is 238 Å². The van der Waals surface area contributed by atoms with Crippen molar-refractivity contribution in [1.82, 2.24) is 39.5 Å². The summed E-state index contributed by atoms with van der Waals surface area (Å²) in [6.45, 7) is 12.3. The van der Waals surface area contributed by atoms with Crippen molar-refractivity contribution in [3.05, 3.63) is 333 Å². The number of aromatic nitrogens is 4. The van der Waals surface area contributed by atoms with Gasteiger partial charge in [-0.25, -0.2) is 19.2 Å². The predicted octanol–water partition coefficient (Wildman–Crippen LogP) is -17.0. The molecule has 694 valence electrons. The summed E-state index contributed by atoms with van der Waals surface area (Å²) in [5.41, 5.74) is 4.64. The number of methoxy groups -OCH3 is 1. The second kappa shape index (κ2) is 62.6. The first-order valence-electron chi connectivity index (χ1n) is 41.0. The number of rotatable bonds is 29. The molecule has 0 radical (unpaired) electrons. The average Bonchev–Trinajstić information content (AvgIpc) is 0.819. The van der Waals surface area contributed by atoms with E-state index in [2.05, 4.69) is 42.5 Å². The van der Waals surface area contributed by atoms with Gasteiger partial charge in [0.1, 0.15) is 63.0 Å². The molecule has 141 heavy (non-hydrogen) atoms. The number of hydrogen-bond acceptors (Lipinski definition) is 24. The van der Waals surface area contributed by atoms with Crippen molar-refractivity contribution < 1.29 is 335 Å². The number of anilines is 4. The third kappa shape index (κ3) is 39.4. The number of amides is 8. The van der Waals surface area contributed by atoms with Crippen LogP contribution in [0.2, 0.25) is 0 Å². The van der Waals surface area contributed by atoms with Crippen LogP contribution >= 0.6 is 0 Å². The van der Waals surface area contributed by atoms with Crippen LogP contribution < -0.4 is 361 Å². The maximum atomic E-state index is 12.6. The van der Waals surface area contributed by atoms with E-state index in [0.717, 1.165) is 27.8 Å². The van der Waals surface area contributed by atoms with Gasteiger partial charge in [0.2, 0.25) is 0 Å². The van der Waals surface area contributed by atoms with Crippen molar-refractivity contribution in [2.75, 3.05) is 28.4 Å². The molecular formula is C97H94N12Na8O24. The summed E-state index contributed by atoms with van der Waals surface area (Å²) in [7, 11) is 7.44. The smallest absolute Gasteiger partial charge is 0.871 e. The average molecular weight is 2000 g/mol. The normalized spacial score (nSPS) is 10.8. The fraction of sp³-hybridized carbons (Fsp3) is 0.216. The fourth-order valence-electron chi connectivity index (χ4n) is 13.2. The number of carboxylic acids is 4. The number of carboxylic acid groups (broad SMARTS) is 4. The summed E-state index contributed by atoms with van der Waals surface area (Å²) in [5, 5.41) is 113. The van der Waals surface area contributed by atoms with Crippen molar-refractivity contribution in [2.24, 2.45) is 28.2 Å². The van der Waals surface area contributed by atoms with Gasteiger partial charge < -0.3 is 140 Å². The van der Waals surface area contributed by atoms with Crippen LogP contribution in [0, 0.1) is 48.5 Å². The standard InChI is InChI=1S/C25H27N3O5.C24H25N3O7.2C24H25N3O6.8Na/c1-15-7-4-5-9-18(15)12-17-8-6-10-19(13-17)20(14-22(30)31)26-25(33)27-23-21(29)11-16(2)28(3)24(23)32;1-14-11-20(28)22(23(31)27(14)2)26-24(32)25-19(13-21(29)30)15-7-9-16(10-8-15)34-18-6-4-5-17(12-18)33-3;1-14-7-9-17(10-8-14)33-18-6-4-5-16(12-18)19(13-21(29)30)25-24(32)26-22-20(28)11-15(2)27(3)23(22)31;1-14-6-4-5-7-20(14)33-17-10-8-16(9-11-17)18(13-21(29)30)25-24(32)26-22-19(28)12-15(2)27(3)23(22)31;;;;;;;;/h4-11,13,20,29H,12,14H2,1-3H3,(H,30,31)(H2,26,27,33);4-12,19,28H,13H2,1-3H3,(H,29,30)(H2,25,26,32);4-12,19,28H,13H2,1-3H3,(H,29,30)(H2,25,26,32);4-12,18,28H,13H2,1-3H3,(H,29,30)(H2,25,26,32);;;;;;;;/q;;;;8*+1/p-8/t20-;2*19-;18-;;;;;;;;/m0000......../s1. The summed E-state index contributed by atoms with van der Waals surface area (Å²) in [6, 6.07) is 54.1. The number of aryl methyl sites for hydroxylation is 7. The van der Waals surface area contributed by atoms with Crippen LogP contribution in [0.3, 0.4) is 0 Å². The summed E-state index contributed by atoms with van der Waals surface area (Å²) in [5.74, 6) is -4.15. The Kier molecular flexibility index (Phi) is 57.7. The first-order chi connectivity index (χ1) is 63.1. The van der Waals surface area contributed by atoms with Crippen molar-refractivity contribution in [3.63, 3.8) is 0 Å². The Hall–Kier alpha value is -9.08. The number of pyridine rings is 4. The first kappa shape index (κ1) is 130. The Morgan fingerprint density at radius 3 is 0.936 bits per heavy atom. The van der Waals surface area contributed by atoms with E-state index in [1.807, 2.05) is 93.6 Å². The third-order valence-corrected chi connectivity index (χ3v) is 20.9. The van der Waals surface area contributed by atoms with E-state index in [9.17, 15) is 98.4 Å². The van der Waals surface area contributed by atoms with Crippen molar-refractivity contribution in [1.29, 1.82) is 0 Å². The number of nitrogens with zero attached hydrogens (tertiary/aromatic N) is 4. The van der Waals surface area contributed by atoms with E-state index in [1.54, 1.807) is 156 Å². The van der Waals surface area contributed by atoms with Gasteiger partial charge in [0, 0.05) is 107 Å². The molecule has 8 amide bonds. The van der Waals surface area contributed by atoms with E-state index in [4.69, 9.17) is 18.9 Å². The summed E-state index contributed by atoms with van der Waals surface area (Å²) >= 11 is 0. The number of ether oxygens (including phenoxy) is 4. The van der Waals surface area contributed by atoms with E-state index in [-0.39, 0.29) is 236 Å². The zero-order valence-electron chi connectivity index (χ0n) is 82.2. The van der Waals surface area contributed by atoms with E-state index >= 15 is 0 Å². The zero-order valence-corrected chi connectivity index (χ0v) is 98.2. The van der Waals surface area contributed by atoms with Gasteiger partial charge in [-0.2, -0.15) is 0 Å². The molecule has 12 aromatic rings. The Morgan fingerprint density at radius 2 is 0.596 bits per heavy atom. The van der Waals surface area contributed by atoms with Gasteiger partial charge in [0.05, 0.1) is 31.3 Å². The molecule has 0 aliphatic rings. The summed E-state index contributed by atoms with van der Waals surface area (Å²) < 4.78 is 27.5. The van der Waals surface area contributed by atoms with Crippen LogP contribution in [0.25, 0.3) is 0 Å². The minimum Gasteiger partial charge on any atom is -0.871 e. The van der Waals surface area contributed by atoms with Crippen molar-refractivity contribution in [2.45, 2.75) is 105 Å². The molecule has 4 atom stereocenters. The van der Waals surface area contributed by atoms with Gasteiger partial charge in [-0.15, -0.1) is 0 Å². The van der Waals surface area contributed by atoms with E-state index < -0.39 is 166 Å². The summed E-state index contributed by atoms with van der Waals surface area (Å²) in [4.78, 5) is 144. The Labute approximate surface area is 989 Å². The monoisotopic (exact) mass is 1990 g/mol. The SMILES string of the molecule is COc1cccc(Oc2ccc([C@H](CC(=O)[O-])NC(=O)Nc3c([O-])cc(C)n(C)c3=O)cc2)c1.Cc1ccc(Oc2cccc([C@H](CC(=O)[O-])NC(=O)Nc3c([O-])cc(C)n(C)c3=O)c2)cc1.Cc1ccccc1Cc1cccc([C@H](CC(=O)[O-])NC(=O)Nc2c([O-])cc(C)n(C)c2=O)c1.Cc1ccccc1Oc1ccc([C@H](CC(=O)[O-])NC(=O)Nc2c([O-])cc(C)n(C)c2=O)cc1.[Na+].[Na+].[Na+].[Na+].[Na+].[Na+].[Na+].[Na+]. The minimum atomic E-state index is -1.39. The molecule has 44 heteroatoms. The zero-order chi connectivity index (χ0) is 97.2. The quantitative estimate of drug-likeness (QED) is 0.0202. The molecule has 0 saturated carbocycles. The molecule has 0 fully saturated rings. The topological polar surface area (TPSA) is 542 Å². The third-order valence-electron chi connectivity index (χ3n) is 20.9. The second-order valence-corrected chi connectivity index (χ2v) is 30.6. The van der Waals surface area contributed by atoms with Gasteiger partial charge in [0.15, 0.2) is 0 Å². The molecule has 12 rings (SSSR count). The number of para-hydroxylation sites is 1. The Balaban J connectivity index is 0.000000923. The molecule has 0 unspecified atom stereocenters. The van der Waals surface area contributed by atoms with Gasteiger partial charge in [0.25, 0.3) is 22.2 Å². The van der Waals surface area contributed by atoms with Gasteiger partial charge in [-0.05, 0) is 190 Å². The molecule has 0 aliphatic heterocycles. The molecule has 36 nitrogen and oxygen atoms in total. The fourth-order valence-corrected chi connectivity index (χ4v) is 13.2. The number of urea groups is 4. The molecule has 0 aliphatic carbocycles. The van der Waals surface area contributed by atoms with Crippen LogP contribution in [0.4, 0.5) is 41.9 Å². The van der Waals surface area contributed by atoms with E-state index in [1.165, 1.54) is 70.7 Å². The molecule has 8 N–H and O–H groups in total. The molecule has 4 aromatic heterocycles. The number of carbonyl (C=O) groups excluding carboxylic acids is 8. The Morgan fingerprint density at radius 1 is 0.305 bits per heavy atom. The van der Waals surface area contributed by atoms with Crippen LogP contribution in [0.5, 0.6) is 63.2 Å². The number of aliphatic carboxylic acids is 4. The Bertz CT molecular complexity index is 6570. The number of benzene rings is 8. The predicted molar refractivity (Wildman–Crippen MR) is 477 cm³/mol. The molecular weight excluding hydrogens is 1900 g/mol. The van der Waals surface area contributed by atoms with Crippen LogP contribution in [-0.2, 0) is 53.8 Å². The van der Waals surface area contributed by atoms with Gasteiger partial charge in [-0.1, -0.05) is 150 Å². The van der Waals surface area contributed by atoms with Crippen LogP contribution in [-0.4, -0.2) is 73.4 Å².